The van der Waals surface area contributed by atoms with Crippen molar-refractivity contribution < 1.29 is 34.5 Å². The first kappa shape index (κ1) is 29.8. The molecular formula is C27H32N6O7. The van der Waals surface area contributed by atoms with Crippen molar-refractivity contribution in [1.82, 2.24) is 25.9 Å². The third kappa shape index (κ3) is 8.92. The molecular weight excluding hydrogens is 520 g/mol. The third-order valence-electron chi connectivity index (χ3n) is 6.05. The predicted octanol–water partition coefficient (Wildman–Crippen LogP) is -0.998. The van der Waals surface area contributed by atoms with E-state index in [0.717, 1.165) is 0 Å². The average molecular weight is 553 g/mol. The number of aliphatic carboxylic acids is 1. The molecule has 2 aromatic carbocycles. The van der Waals surface area contributed by atoms with Gasteiger partial charge in [-0.15, -0.1) is 0 Å². The Kier molecular flexibility index (Phi) is 10.7. The summed E-state index contributed by atoms with van der Waals surface area (Å²) >= 11 is 0. The van der Waals surface area contributed by atoms with Crippen molar-refractivity contribution in [1.29, 1.82) is 0 Å². The number of aromatic hydroxyl groups is 1. The third-order valence-corrected chi connectivity index (χ3v) is 6.05. The van der Waals surface area contributed by atoms with E-state index in [9.17, 15) is 34.5 Å². The summed E-state index contributed by atoms with van der Waals surface area (Å²) in [5.41, 5.74) is 7.38. The highest BCUT2D eigenvalue weighted by atomic mass is 16.4. The second-order valence-corrected chi connectivity index (χ2v) is 9.15. The molecule has 9 N–H and O–H groups in total. The summed E-state index contributed by atoms with van der Waals surface area (Å²) in [5, 5.41) is 36.1. The molecule has 4 atom stereocenters. The Morgan fingerprint density at radius 1 is 0.800 bits per heavy atom. The van der Waals surface area contributed by atoms with Gasteiger partial charge in [0.1, 0.15) is 29.9 Å². The van der Waals surface area contributed by atoms with Gasteiger partial charge in [0, 0.05) is 31.2 Å². The Balaban J connectivity index is 1.81. The van der Waals surface area contributed by atoms with E-state index in [-0.39, 0.29) is 25.0 Å². The molecule has 3 rings (SSSR count). The molecule has 0 fully saturated rings. The van der Waals surface area contributed by atoms with Crippen LogP contribution in [0.15, 0.2) is 67.1 Å². The van der Waals surface area contributed by atoms with Gasteiger partial charge in [-0.1, -0.05) is 42.5 Å². The molecule has 212 valence electrons. The number of aliphatic hydroxyl groups is 1. The van der Waals surface area contributed by atoms with Gasteiger partial charge < -0.3 is 42.0 Å². The van der Waals surface area contributed by atoms with E-state index in [1.807, 2.05) is 0 Å². The fourth-order valence-electron chi connectivity index (χ4n) is 3.86. The van der Waals surface area contributed by atoms with Crippen LogP contribution in [0, 0.1) is 0 Å². The SMILES string of the molecule is NC(CO)C(=O)NC(Cc1cnc[nH]1)C(=O)NC(Cc1ccccc1)C(=O)NC(Cc1ccc(O)cc1)C(=O)O. The number of aliphatic hydroxyl groups excluding tert-OH is 1. The second-order valence-electron chi connectivity index (χ2n) is 9.15. The molecule has 1 aromatic heterocycles. The largest absolute Gasteiger partial charge is 0.508 e. The number of phenolic OH excluding ortho intramolecular Hbond substituents is 1. The molecule has 1 heterocycles. The number of carboxylic acid groups (broad SMARTS) is 1. The number of carbonyl (C=O) groups excluding carboxylic acids is 3. The van der Waals surface area contributed by atoms with Crippen LogP contribution < -0.4 is 21.7 Å². The first-order valence-corrected chi connectivity index (χ1v) is 12.5. The van der Waals surface area contributed by atoms with E-state index < -0.39 is 54.5 Å². The summed E-state index contributed by atoms with van der Waals surface area (Å²) in [6, 6.07) is 9.72. The molecule has 13 nitrogen and oxygen atoms in total. The number of phenols is 1. The van der Waals surface area contributed by atoms with E-state index >= 15 is 0 Å². The maximum absolute atomic E-state index is 13.4. The Labute approximate surface area is 229 Å². The first-order valence-electron chi connectivity index (χ1n) is 12.5. The molecule has 0 radical (unpaired) electrons. The number of imidazole rings is 1. The van der Waals surface area contributed by atoms with Crippen LogP contribution in [0.4, 0.5) is 0 Å². The van der Waals surface area contributed by atoms with E-state index in [4.69, 9.17) is 5.73 Å². The summed E-state index contributed by atoms with van der Waals surface area (Å²) in [5.74, 6) is -3.52. The minimum absolute atomic E-state index is 0.0158. The molecule has 0 aliphatic carbocycles. The Morgan fingerprint density at radius 2 is 1.35 bits per heavy atom. The lowest BCUT2D eigenvalue weighted by atomic mass is 10.0. The number of aromatic amines is 1. The monoisotopic (exact) mass is 552 g/mol. The molecule has 0 spiro atoms. The molecule has 0 saturated carbocycles. The highest BCUT2D eigenvalue weighted by molar-refractivity contribution is 5.94. The number of carboxylic acids is 1. The van der Waals surface area contributed by atoms with Crippen LogP contribution in [-0.2, 0) is 38.4 Å². The van der Waals surface area contributed by atoms with Gasteiger partial charge in [-0.3, -0.25) is 14.4 Å². The number of nitrogens with one attached hydrogen (secondary N) is 4. The lowest BCUT2D eigenvalue weighted by Crippen LogP contribution is -2.58. The summed E-state index contributed by atoms with van der Waals surface area (Å²) in [7, 11) is 0. The minimum Gasteiger partial charge on any atom is -0.508 e. The normalized spacial score (nSPS) is 13.8. The molecule has 0 aliphatic heterocycles. The van der Waals surface area contributed by atoms with Gasteiger partial charge in [-0.25, -0.2) is 9.78 Å². The number of hydrogen-bond acceptors (Lipinski definition) is 8. The lowest BCUT2D eigenvalue weighted by molar-refractivity contribution is -0.142. The van der Waals surface area contributed by atoms with Crippen LogP contribution in [0.5, 0.6) is 5.75 Å². The molecule has 4 unspecified atom stereocenters. The molecule has 3 aromatic rings. The smallest absolute Gasteiger partial charge is 0.326 e. The van der Waals surface area contributed by atoms with Crippen molar-refractivity contribution in [3.63, 3.8) is 0 Å². The zero-order chi connectivity index (χ0) is 29.1. The second kappa shape index (κ2) is 14.4. The standard InChI is InChI=1S/C27H32N6O7/c28-20(14-34)24(36)31-22(12-18-13-29-15-30-18)26(38)32-21(10-16-4-2-1-3-5-16)25(37)33-23(27(39)40)11-17-6-8-19(35)9-7-17/h1-9,13,15,20-23,34-35H,10-12,14,28H2,(H,29,30)(H,31,36)(H,32,38)(H,33,37)(H,39,40). The quantitative estimate of drug-likeness (QED) is 0.123. The van der Waals surface area contributed by atoms with Crippen molar-refractivity contribution in [3.8, 4) is 5.75 Å². The van der Waals surface area contributed by atoms with Gasteiger partial charge in [0.2, 0.25) is 17.7 Å². The Bertz CT molecular complexity index is 1270. The molecule has 40 heavy (non-hydrogen) atoms. The van der Waals surface area contributed by atoms with Crippen LogP contribution in [0.25, 0.3) is 0 Å². The number of carbonyl (C=O) groups is 4. The zero-order valence-corrected chi connectivity index (χ0v) is 21.5. The molecule has 0 aliphatic rings. The van der Waals surface area contributed by atoms with Crippen LogP contribution in [0.2, 0.25) is 0 Å². The molecule has 0 saturated heterocycles. The Morgan fingerprint density at radius 3 is 1.93 bits per heavy atom. The summed E-state index contributed by atoms with van der Waals surface area (Å²) in [6.07, 6.45) is 2.81. The number of amides is 3. The van der Waals surface area contributed by atoms with Crippen molar-refractivity contribution in [3.05, 3.63) is 83.9 Å². The number of benzene rings is 2. The summed E-state index contributed by atoms with van der Waals surface area (Å²) in [6.45, 7) is -0.638. The first-order chi connectivity index (χ1) is 19.2. The van der Waals surface area contributed by atoms with E-state index in [0.29, 0.717) is 16.8 Å². The number of nitrogens with zero attached hydrogens (tertiary/aromatic N) is 1. The molecule has 3 amide bonds. The van der Waals surface area contributed by atoms with E-state index in [1.165, 1.54) is 24.7 Å². The fourth-order valence-corrected chi connectivity index (χ4v) is 3.86. The number of H-pyrrole nitrogens is 1. The maximum Gasteiger partial charge on any atom is 0.326 e. The van der Waals surface area contributed by atoms with Crippen molar-refractivity contribution in [2.45, 2.75) is 43.4 Å². The zero-order valence-electron chi connectivity index (χ0n) is 21.5. The molecule has 13 heteroatoms. The van der Waals surface area contributed by atoms with Gasteiger partial charge in [0.25, 0.3) is 0 Å². The maximum atomic E-state index is 13.4. The van der Waals surface area contributed by atoms with Crippen molar-refractivity contribution >= 4 is 23.7 Å². The van der Waals surface area contributed by atoms with E-state index in [1.54, 1.807) is 42.5 Å². The topological polar surface area (TPSA) is 220 Å². The van der Waals surface area contributed by atoms with Crippen LogP contribution >= 0.6 is 0 Å². The molecule has 0 bridgehead atoms. The Hall–Kier alpha value is -4.75. The highest BCUT2D eigenvalue weighted by Crippen LogP contribution is 2.12. The van der Waals surface area contributed by atoms with Gasteiger partial charge >= 0.3 is 5.97 Å². The minimum atomic E-state index is -1.32. The number of rotatable bonds is 14. The summed E-state index contributed by atoms with van der Waals surface area (Å²) in [4.78, 5) is 57.8. The van der Waals surface area contributed by atoms with Gasteiger partial charge in [0.05, 0.1) is 12.9 Å². The van der Waals surface area contributed by atoms with Crippen molar-refractivity contribution in [2.75, 3.05) is 6.61 Å². The van der Waals surface area contributed by atoms with Crippen molar-refractivity contribution in [2.24, 2.45) is 5.73 Å². The average Bonchev–Trinajstić information content (AvgIpc) is 3.46. The lowest BCUT2D eigenvalue weighted by Gasteiger charge is -2.25. The highest BCUT2D eigenvalue weighted by Gasteiger charge is 2.31. The van der Waals surface area contributed by atoms with Gasteiger partial charge in [0.15, 0.2) is 0 Å². The summed E-state index contributed by atoms with van der Waals surface area (Å²) < 4.78 is 0. The van der Waals surface area contributed by atoms with E-state index in [2.05, 4.69) is 25.9 Å². The van der Waals surface area contributed by atoms with Crippen LogP contribution in [0.1, 0.15) is 16.8 Å². The fraction of sp³-hybridized carbons (Fsp3) is 0.296. The number of nitrogens with two attached hydrogens (primary N) is 1. The number of hydrogen-bond donors (Lipinski definition) is 8. The van der Waals surface area contributed by atoms with Gasteiger partial charge in [-0.2, -0.15) is 0 Å². The van der Waals surface area contributed by atoms with Gasteiger partial charge in [-0.05, 0) is 23.3 Å². The predicted molar refractivity (Wildman–Crippen MR) is 143 cm³/mol. The van der Waals surface area contributed by atoms with Crippen LogP contribution in [0.3, 0.4) is 0 Å². The van der Waals surface area contributed by atoms with Crippen LogP contribution in [-0.4, -0.2) is 79.8 Å². The number of aromatic nitrogens is 2.